The van der Waals surface area contributed by atoms with Crippen LogP contribution in [0.3, 0.4) is 0 Å². The summed E-state index contributed by atoms with van der Waals surface area (Å²) < 4.78 is 27.1. The number of aromatic carboxylic acids is 1. The Labute approximate surface area is 120 Å². The zero-order chi connectivity index (χ0) is 15.4. The van der Waals surface area contributed by atoms with Crippen molar-refractivity contribution >= 4 is 17.6 Å². The third-order valence-electron chi connectivity index (χ3n) is 3.43. The van der Waals surface area contributed by atoms with Crippen molar-refractivity contribution in [1.82, 2.24) is 4.90 Å². The largest absolute Gasteiger partial charge is 0.478 e. The zero-order valence-corrected chi connectivity index (χ0v) is 11.4. The second-order valence-corrected chi connectivity index (χ2v) is 4.86. The maximum absolute atomic E-state index is 13.7. The van der Waals surface area contributed by atoms with Crippen molar-refractivity contribution in [3.05, 3.63) is 29.3 Å². The van der Waals surface area contributed by atoms with Crippen LogP contribution >= 0.6 is 0 Å². The third kappa shape index (κ3) is 3.48. The Bertz CT molecular complexity index is 557. The number of benzene rings is 1. The minimum atomic E-state index is -1.53. The van der Waals surface area contributed by atoms with Gasteiger partial charge in [-0.1, -0.05) is 0 Å². The highest BCUT2D eigenvalue weighted by molar-refractivity contribution is 5.88. The van der Waals surface area contributed by atoms with E-state index >= 15 is 0 Å². The van der Waals surface area contributed by atoms with Crippen LogP contribution in [0.15, 0.2) is 12.1 Å². The van der Waals surface area contributed by atoms with Crippen LogP contribution in [0.4, 0.5) is 14.5 Å². The SMILES string of the molecule is O=C(O)c1ccc(NCCC(=O)N2CCCC2)c(F)c1F. The Morgan fingerprint density at radius 3 is 2.48 bits per heavy atom. The molecule has 1 aliphatic heterocycles. The van der Waals surface area contributed by atoms with E-state index in [0.717, 1.165) is 38.1 Å². The lowest BCUT2D eigenvalue weighted by Gasteiger charge is -2.15. The van der Waals surface area contributed by atoms with Crippen molar-refractivity contribution in [3.8, 4) is 0 Å². The first-order chi connectivity index (χ1) is 10.0. The fourth-order valence-corrected chi connectivity index (χ4v) is 2.28. The Morgan fingerprint density at radius 2 is 1.86 bits per heavy atom. The summed E-state index contributed by atoms with van der Waals surface area (Å²) in [6.45, 7) is 1.66. The van der Waals surface area contributed by atoms with Crippen LogP contribution in [0.2, 0.25) is 0 Å². The summed E-state index contributed by atoms with van der Waals surface area (Å²) >= 11 is 0. The first-order valence-electron chi connectivity index (χ1n) is 6.73. The van der Waals surface area contributed by atoms with Crippen molar-refractivity contribution in [2.45, 2.75) is 19.3 Å². The summed E-state index contributed by atoms with van der Waals surface area (Å²) in [6, 6.07) is 2.15. The van der Waals surface area contributed by atoms with E-state index < -0.39 is 23.2 Å². The molecule has 1 amide bonds. The normalized spacial score (nSPS) is 14.3. The molecular formula is C14H16F2N2O3. The van der Waals surface area contributed by atoms with E-state index in [1.54, 1.807) is 4.90 Å². The van der Waals surface area contributed by atoms with Gasteiger partial charge in [-0.05, 0) is 25.0 Å². The number of amides is 1. The molecule has 1 aromatic rings. The molecule has 0 saturated carbocycles. The third-order valence-corrected chi connectivity index (χ3v) is 3.43. The summed E-state index contributed by atoms with van der Waals surface area (Å²) in [7, 11) is 0. The number of carboxylic acid groups (broad SMARTS) is 1. The van der Waals surface area contributed by atoms with Gasteiger partial charge in [0.25, 0.3) is 0 Å². The van der Waals surface area contributed by atoms with Gasteiger partial charge < -0.3 is 15.3 Å². The topological polar surface area (TPSA) is 69.6 Å². The number of nitrogens with one attached hydrogen (secondary N) is 1. The number of hydrogen-bond acceptors (Lipinski definition) is 3. The minimum Gasteiger partial charge on any atom is -0.478 e. The number of anilines is 1. The Hall–Kier alpha value is -2.18. The van der Waals surface area contributed by atoms with Gasteiger partial charge in [-0.3, -0.25) is 4.79 Å². The van der Waals surface area contributed by atoms with Gasteiger partial charge in [-0.25, -0.2) is 13.6 Å². The number of rotatable bonds is 5. The van der Waals surface area contributed by atoms with Crippen LogP contribution in [-0.2, 0) is 4.79 Å². The molecule has 0 spiro atoms. The highest BCUT2D eigenvalue weighted by Gasteiger charge is 2.19. The standard InChI is InChI=1S/C14H16F2N2O3/c15-12-9(14(20)21)3-4-10(13(12)16)17-6-5-11(19)18-7-1-2-8-18/h3-4,17H,1-2,5-8H2,(H,20,21). The summed E-state index contributed by atoms with van der Waals surface area (Å²) in [6.07, 6.45) is 2.17. The number of carbonyl (C=O) groups is 2. The van der Waals surface area contributed by atoms with Crippen LogP contribution in [0.25, 0.3) is 0 Å². The zero-order valence-electron chi connectivity index (χ0n) is 11.4. The monoisotopic (exact) mass is 298 g/mol. The molecule has 2 rings (SSSR count). The maximum Gasteiger partial charge on any atom is 0.338 e. The van der Waals surface area contributed by atoms with E-state index in [0.29, 0.717) is 0 Å². The van der Waals surface area contributed by atoms with Crippen LogP contribution < -0.4 is 5.32 Å². The van der Waals surface area contributed by atoms with Crippen molar-refractivity contribution in [1.29, 1.82) is 0 Å². The van der Waals surface area contributed by atoms with E-state index in [4.69, 9.17) is 5.11 Å². The average Bonchev–Trinajstić information content (AvgIpc) is 2.97. The van der Waals surface area contributed by atoms with Gasteiger partial charge in [0.15, 0.2) is 11.6 Å². The number of carbonyl (C=O) groups excluding carboxylic acids is 1. The van der Waals surface area contributed by atoms with Crippen LogP contribution in [-0.4, -0.2) is 41.5 Å². The highest BCUT2D eigenvalue weighted by Crippen LogP contribution is 2.20. The van der Waals surface area contributed by atoms with Crippen molar-refractivity contribution in [2.75, 3.05) is 25.0 Å². The highest BCUT2D eigenvalue weighted by atomic mass is 19.2. The number of nitrogens with zero attached hydrogens (tertiary/aromatic N) is 1. The predicted molar refractivity (Wildman–Crippen MR) is 72.2 cm³/mol. The molecule has 1 aromatic carbocycles. The van der Waals surface area contributed by atoms with E-state index in [-0.39, 0.29) is 24.6 Å². The molecule has 0 aliphatic carbocycles. The van der Waals surface area contributed by atoms with Gasteiger partial charge in [0, 0.05) is 26.1 Å². The first-order valence-corrected chi connectivity index (χ1v) is 6.73. The summed E-state index contributed by atoms with van der Waals surface area (Å²) in [5.74, 6) is -4.20. The number of carboxylic acids is 1. The molecule has 5 nitrogen and oxygen atoms in total. The molecule has 21 heavy (non-hydrogen) atoms. The van der Waals surface area contributed by atoms with E-state index in [2.05, 4.69) is 5.32 Å². The lowest BCUT2D eigenvalue weighted by Crippen LogP contribution is -2.29. The molecule has 1 aliphatic rings. The fourth-order valence-electron chi connectivity index (χ4n) is 2.28. The molecule has 2 N–H and O–H groups in total. The quantitative estimate of drug-likeness (QED) is 0.873. The van der Waals surface area contributed by atoms with Crippen LogP contribution in [0, 0.1) is 11.6 Å². The second kappa shape index (κ2) is 6.51. The lowest BCUT2D eigenvalue weighted by molar-refractivity contribution is -0.129. The molecule has 0 unspecified atom stereocenters. The molecule has 0 bridgehead atoms. The lowest BCUT2D eigenvalue weighted by atomic mass is 10.2. The van der Waals surface area contributed by atoms with Crippen molar-refractivity contribution < 1.29 is 23.5 Å². The van der Waals surface area contributed by atoms with Gasteiger partial charge in [0.1, 0.15) is 0 Å². The van der Waals surface area contributed by atoms with Gasteiger partial charge in [-0.2, -0.15) is 0 Å². The van der Waals surface area contributed by atoms with Crippen molar-refractivity contribution in [3.63, 3.8) is 0 Å². The summed E-state index contributed by atoms with van der Waals surface area (Å²) in [5, 5.41) is 11.3. The van der Waals surface area contributed by atoms with Gasteiger partial charge in [-0.15, -0.1) is 0 Å². The fraction of sp³-hybridized carbons (Fsp3) is 0.429. The Balaban J connectivity index is 1.93. The Kier molecular flexibility index (Phi) is 4.72. The molecule has 1 fully saturated rings. The number of hydrogen-bond donors (Lipinski definition) is 2. The van der Waals surface area contributed by atoms with Crippen LogP contribution in [0.1, 0.15) is 29.6 Å². The Morgan fingerprint density at radius 1 is 1.19 bits per heavy atom. The van der Waals surface area contributed by atoms with Crippen LogP contribution in [0.5, 0.6) is 0 Å². The molecule has 0 radical (unpaired) electrons. The molecule has 1 saturated heterocycles. The molecular weight excluding hydrogens is 282 g/mol. The minimum absolute atomic E-state index is 0.0250. The summed E-state index contributed by atoms with van der Waals surface area (Å²) in [5.41, 5.74) is -0.863. The van der Waals surface area contributed by atoms with Gasteiger partial charge in [0.2, 0.25) is 5.91 Å². The van der Waals surface area contributed by atoms with E-state index in [9.17, 15) is 18.4 Å². The maximum atomic E-state index is 13.7. The van der Waals surface area contributed by atoms with Gasteiger partial charge >= 0.3 is 5.97 Å². The van der Waals surface area contributed by atoms with Crippen molar-refractivity contribution in [2.24, 2.45) is 0 Å². The number of halogens is 2. The number of likely N-dealkylation sites (tertiary alicyclic amines) is 1. The molecule has 0 atom stereocenters. The second-order valence-electron chi connectivity index (χ2n) is 4.86. The molecule has 7 heteroatoms. The summed E-state index contributed by atoms with van der Waals surface area (Å²) in [4.78, 5) is 24.2. The molecule has 0 aromatic heterocycles. The van der Waals surface area contributed by atoms with E-state index in [1.807, 2.05) is 0 Å². The van der Waals surface area contributed by atoms with Gasteiger partial charge in [0.05, 0.1) is 11.3 Å². The molecule has 114 valence electrons. The average molecular weight is 298 g/mol. The molecule has 1 heterocycles. The smallest absolute Gasteiger partial charge is 0.338 e. The predicted octanol–water partition coefficient (Wildman–Crippen LogP) is 2.09. The van der Waals surface area contributed by atoms with E-state index in [1.165, 1.54) is 0 Å². The first kappa shape index (κ1) is 15.2.